The van der Waals surface area contributed by atoms with E-state index in [1.54, 1.807) is 0 Å². The van der Waals surface area contributed by atoms with Crippen LogP contribution in [0.25, 0.3) is 10.8 Å². The number of nitrogen functional groups attached to an aromatic ring is 1. The molecule has 1 amide bonds. The van der Waals surface area contributed by atoms with Gasteiger partial charge in [0.25, 0.3) is 5.56 Å². The van der Waals surface area contributed by atoms with Crippen molar-refractivity contribution in [2.24, 2.45) is 5.92 Å². The summed E-state index contributed by atoms with van der Waals surface area (Å²) in [5.41, 5.74) is 6.24. The van der Waals surface area contributed by atoms with Crippen molar-refractivity contribution < 1.29 is 4.79 Å². The van der Waals surface area contributed by atoms with Crippen LogP contribution in [0.3, 0.4) is 0 Å². The highest BCUT2D eigenvalue weighted by Gasteiger charge is 2.25. The summed E-state index contributed by atoms with van der Waals surface area (Å²) in [6.45, 7) is 7.33. The molecule has 0 atom stereocenters. The maximum Gasteiger partial charge on any atom is 0.330 e. The predicted molar refractivity (Wildman–Crippen MR) is 138 cm³/mol. The number of aromatic amines is 1. The minimum absolute atomic E-state index is 0.0316. The Labute approximate surface area is 200 Å². The summed E-state index contributed by atoms with van der Waals surface area (Å²) in [5.74, 6) is -0.0561. The molecule has 34 heavy (non-hydrogen) atoms. The van der Waals surface area contributed by atoms with E-state index >= 15 is 0 Å². The van der Waals surface area contributed by atoms with Crippen LogP contribution in [0.2, 0.25) is 0 Å². The minimum atomic E-state index is -0.635. The SMILES string of the molecule is CCCCN(C(=O)CN(C)Cc1ccc2ccccc2c1)c1c(N)n(CC(C)C)c(=O)[nH]c1=O. The molecule has 0 bridgehead atoms. The van der Waals surface area contributed by atoms with Gasteiger partial charge in [0.2, 0.25) is 5.91 Å². The van der Waals surface area contributed by atoms with Crippen molar-refractivity contribution in [1.29, 1.82) is 0 Å². The molecule has 182 valence electrons. The van der Waals surface area contributed by atoms with Crippen molar-refractivity contribution in [3.8, 4) is 0 Å². The smallest absolute Gasteiger partial charge is 0.330 e. The molecule has 8 nitrogen and oxygen atoms in total. The van der Waals surface area contributed by atoms with Gasteiger partial charge in [-0.15, -0.1) is 0 Å². The number of benzene rings is 2. The van der Waals surface area contributed by atoms with Gasteiger partial charge in [-0.3, -0.25) is 24.0 Å². The predicted octanol–water partition coefficient (Wildman–Crippen LogP) is 3.19. The minimum Gasteiger partial charge on any atom is -0.383 e. The number of unbranched alkanes of at least 4 members (excludes halogenated alkanes) is 1. The third kappa shape index (κ3) is 5.94. The lowest BCUT2D eigenvalue weighted by molar-refractivity contribution is -0.119. The second kappa shape index (κ2) is 11.2. The fraction of sp³-hybridized carbons (Fsp3) is 0.423. The van der Waals surface area contributed by atoms with Gasteiger partial charge in [0.15, 0.2) is 5.69 Å². The van der Waals surface area contributed by atoms with Gasteiger partial charge in [0.1, 0.15) is 5.82 Å². The number of anilines is 2. The van der Waals surface area contributed by atoms with Crippen LogP contribution in [-0.4, -0.2) is 40.5 Å². The zero-order valence-corrected chi connectivity index (χ0v) is 20.5. The Hall–Kier alpha value is -3.39. The number of hydrogen-bond donors (Lipinski definition) is 2. The number of nitrogens with one attached hydrogen (secondary N) is 1. The van der Waals surface area contributed by atoms with Gasteiger partial charge in [-0.05, 0) is 41.8 Å². The molecular weight excluding hydrogens is 430 g/mol. The molecule has 3 rings (SSSR count). The number of amides is 1. The largest absolute Gasteiger partial charge is 0.383 e. The molecule has 0 aliphatic carbocycles. The Morgan fingerprint density at radius 2 is 1.82 bits per heavy atom. The molecular formula is C26H35N5O3. The van der Waals surface area contributed by atoms with Crippen LogP contribution in [0.4, 0.5) is 11.5 Å². The lowest BCUT2D eigenvalue weighted by Gasteiger charge is -2.27. The first-order valence-corrected chi connectivity index (χ1v) is 11.8. The Kier molecular flexibility index (Phi) is 8.28. The summed E-state index contributed by atoms with van der Waals surface area (Å²) in [4.78, 5) is 44.2. The van der Waals surface area contributed by atoms with Crippen molar-refractivity contribution in [1.82, 2.24) is 14.5 Å². The Balaban J connectivity index is 1.85. The summed E-state index contributed by atoms with van der Waals surface area (Å²) in [5, 5.41) is 2.32. The Morgan fingerprint density at radius 3 is 2.50 bits per heavy atom. The quantitative estimate of drug-likeness (QED) is 0.479. The Bertz CT molecular complexity index is 1260. The average molecular weight is 466 g/mol. The number of nitrogens with zero attached hydrogens (tertiary/aromatic N) is 3. The highest BCUT2D eigenvalue weighted by molar-refractivity contribution is 5.96. The molecule has 0 spiro atoms. The number of hydrogen-bond acceptors (Lipinski definition) is 5. The van der Waals surface area contributed by atoms with Gasteiger partial charge < -0.3 is 10.6 Å². The van der Waals surface area contributed by atoms with E-state index in [0.717, 1.165) is 17.4 Å². The summed E-state index contributed by atoms with van der Waals surface area (Å²) in [6.07, 6.45) is 1.56. The number of H-pyrrole nitrogens is 1. The molecule has 0 aliphatic heterocycles. The first kappa shape index (κ1) is 25.2. The normalized spacial score (nSPS) is 11.5. The molecule has 2 aromatic carbocycles. The zero-order valence-electron chi connectivity index (χ0n) is 20.5. The first-order valence-electron chi connectivity index (χ1n) is 11.8. The van der Waals surface area contributed by atoms with Gasteiger partial charge in [-0.1, -0.05) is 63.6 Å². The lowest BCUT2D eigenvalue weighted by Crippen LogP contribution is -2.45. The number of aromatic nitrogens is 2. The molecule has 0 aliphatic rings. The van der Waals surface area contributed by atoms with Crippen molar-refractivity contribution in [2.75, 3.05) is 30.8 Å². The standard InChI is InChI=1S/C26H35N5O3/c1-5-6-13-30(23-24(27)31(15-18(2)3)26(34)28-25(23)33)22(32)17-29(4)16-19-11-12-20-9-7-8-10-21(20)14-19/h7-12,14,18H,5-6,13,15-17,27H2,1-4H3,(H,28,33,34). The molecule has 0 radical (unpaired) electrons. The second-order valence-corrected chi connectivity index (χ2v) is 9.25. The van der Waals surface area contributed by atoms with Crippen LogP contribution in [0.5, 0.6) is 0 Å². The Morgan fingerprint density at radius 1 is 1.12 bits per heavy atom. The molecule has 1 heterocycles. The summed E-state index contributed by atoms with van der Waals surface area (Å²) in [7, 11) is 1.87. The number of likely N-dealkylation sites (N-methyl/N-ethyl adjacent to an activating group) is 1. The van der Waals surface area contributed by atoms with E-state index in [1.807, 2.05) is 44.9 Å². The molecule has 0 unspecified atom stereocenters. The van der Waals surface area contributed by atoms with E-state index in [0.29, 0.717) is 26.1 Å². The summed E-state index contributed by atoms with van der Waals surface area (Å²) < 4.78 is 1.34. The lowest BCUT2D eigenvalue weighted by atomic mass is 10.1. The average Bonchev–Trinajstić information content (AvgIpc) is 2.78. The fourth-order valence-corrected chi connectivity index (χ4v) is 4.08. The molecule has 8 heteroatoms. The van der Waals surface area contributed by atoms with Gasteiger partial charge >= 0.3 is 5.69 Å². The maximum absolute atomic E-state index is 13.4. The van der Waals surface area contributed by atoms with Crippen LogP contribution in [0.15, 0.2) is 52.1 Å². The van der Waals surface area contributed by atoms with E-state index < -0.39 is 11.2 Å². The van der Waals surface area contributed by atoms with Crippen LogP contribution >= 0.6 is 0 Å². The monoisotopic (exact) mass is 465 g/mol. The number of nitrogens with two attached hydrogens (primary N) is 1. The van der Waals surface area contributed by atoms with Crippen LogP contribution in [-0.2, 0) is 17.9 Å². The number of carbonyl (C=O) groups excluding carboxylic acids is 1. The third-order valence-electron chi connectivity index (χ3n) is 5.74. The van der Waals surface area contributed by atoms with E-state index in [-0.39, 0.29) is 29.9 Å². The van der Waals surface area contributed by atoms with Gasteiger partial charge in [0.05, 0.1) is 6.54 Å². The molecule has 0 saturated heterocycles. The van der Waals surface area contributed by atoms with Gasteiger partial charge in [-0.2, -0.15) is 0 Å². The van der Waals surface area contributed by atoms with Crippen molar-refractivity contribution in [3.05, 3.63) is 68.9 Å². The third-order valence-corrected chi connectivity index (χ3v) is 5.74. The van der Waals surface area contributed by atoms with E-state index in [9.17, 15) is 14.4 Å². The van der Waals surface area contributed by atoms with Crippen molar-refractivity contribution >= 4 is 28.2 Å². The highest BCUT2D eigenvalue weighted by Crippen LogP contribution is 2.20. The van der Waals surface area contributed by atoms with Crippen molar-refractivity contribution in [3.63, 3.8) is 0 Å². The first-order chi connectivity index (χ1) is 16.2. The molecule has 0 fully saturated rings. The van der Waals surface area contributed by atoms with E-state index in [2.05, 4.69) is 35.3 Å². The maximum atomic E-state index is 13.4. The molecule has 0 saturated carbocycles. The van der Waals surface area contributed by atoms with Gasteiger partial charge in [0, 0.05) is 19.6 Å². The summed E-state index contributed by atoms with van der Waals surface area (Å²) in [6, 6.07) is 14.4. The fourth-order valence-electron chi connectivity index (χ4n) is 4.08. The van der Waals surface area contributed by atoms with Crippen molar-refractivity contribution in [2.45, 2.75) is 46.7 Å². The van der Waals surface area contributed by atoms with E-state index in [1.165, 1.54) is 14.9 Å². The summed E-state index contributed by atoms with van der Waals surface area (Å²) >= 11 is 0. The topological polar surface area (TPSA) is 104 Å². The van der Waals surface area contributed by atoms with E-state index in [4.69, 9.17) is 5.73 Å². The number of carbonyl (C=O) groups is 1. The molecule has 3 N–H and O–H groups in total. The van der Waals surface area contributed by atoms with Crippen LogP contribution in [0, 0.1) is 5.92 Å². The highest BCUT2D eigenvalue weighted by atomic mass is 16.2. The number of rotatable bonds is 10. The number of fused-ring (bicyclic) bond motifs is 1. The van der Waals surface area contributed by atoms with Gasteiger partial charge in [-0.25, -0.2) is 4.79 Å². The van der Waals surface area contributed by atoms with Crippen LogP contribution < -0.4 is 21.9 Å². The zero-order chi connectivity index (χ0) is 24.8. The second-order valence-electron chi connectivity index (χ2n) is 9.25. The molecule has 1 aromatic heterocycles. The van der Waals surface area contributed by atoms with Crippen LogP contribution in [0.1, 0.15) is 39.2 Å². The molecule has 3 aromatic rings.